The maximum atomic E-state index is 13.7. The van der Waals surface area contributed by atoms with Crippen LogP contribution in [0.25, 0.3) is 44.2 Å². The second-order valence-corrected chi connectivity index (χ2v) is 9.21. The highest BCUT2D eigenvalue weighted by Gasteiger charge is 2.24. The van der Waals surface area contributed by atoms with Gasteiger partial charge in [0.2, 0.25) is 22.9 Å². The molecule has 0 saturated heterocycles. The zero-order valence-corrected chi connectivity index (χ0v) is 18.5. The third-order valence-corrected chi connectivity index (χ3v) is 7.22. The number of aryl methyl sites for hydroxylation is 2. The highest BCUT2D eigenvalue weighted by Crippen LogP contribution is 2.37. The van der Waals surface area contributed by atoms with Gasteiger partial charge < -0.3 is 4.42 Å². The minimum Gasteiger partial charge on any atom is -0.437 e. The summed E-state index contributed by atoms with van der Waals surface area (Å²) in [6, 6.07) is 18.4. The number of furan rings is 1. The maximum Gasteiger partial charge on any atom is 0.229 e. The predicted octanol–water partition coefficient (Wildman–Crippen LogP) is 6.81. The Morgan fingerprint density at radius 3 is 2.59 bits per heavy atom. The van der Waals surface area contributed by atoms with Crippen molar-refractivity contribution in [2.24, 2.45) is 13.0 Å². The lowest BCUT2D eigenvalue weighted by Crippen LogP contribution is -2.32. The van der Waals surface area contributed by atoms with Gasteiger partial charge >= 0.3 is 0 Å². The summed E-state index contributed by atoms with van der Waals surface area (Å²) in [7, 11) is 2.12. The van der Waals surface area contributed by atoms with Gasteiger partial charge in [-0.1, -0.05) is 49.9 Å². The highest BCUT2D eigenvalue weighted by molar-refractivity contribution is 6.08. The molecule has 1 aliphatic rings. The monoisotopic (exact) mass is 425 g/mol. The molecule has 0 aliphatic heterocycles. The Morgan fingerprint density at radius 1 is 0.969 bits per heavy atom. The van der Waals surface area contributed by atoms with Crippen molar-refractivity contribution in [3.8, 4) is 11.3 Å². The zero-order chi connectivity index (χ0) is 21.8. The molecule has 4 heteroatoms. The van der Waals surface area contributed by atoms with E-state index in [-0.39, 0.29) is 0 Å². The van der Waals surface area contributed by atoms with Crippen molar-refractivity contribution in [1.29, 1.82) is 0 Å². The van der Waals surface area contributed by atoms with Crippen molar-refractivity contribution < 1.29 is 13.4 Å². The lowest BCUT2D eigenvalue weighted by molar-refractivity contribution is -0.633. The van der Waals surface area contributed by atoms with Crippen LogP contribution in [0.3, 0.4) is 0 Å². The van der Waals surface area contributed by atoms with Gasteiger partial charge in [0.25, 0.3) is 0 Å². The number of rotatable bonds is 3. The number of benzene rings is 2. The predicted molar refractivity (Wildman–Crippen MR) is 126 cm³/mol. The van der Waals surface area contributed by atoms with Crippen LogP contribution in [0.15, 0.2) is 59.0 Å². The van der Waals surface area contributed by atoms with E-state index in [1.54, 1.807) is 6.07 Å². The first-order valence-electron chi connectivity index (χ1n) is 11.5. The fourth-order valence-corrected chi connectivity index (χ4v) is 5.56. The molecular formula is C28H26FN2O+. The summed E-state index contributed by atoms with van der Waals surface area (Å²) in [5.74, 6) is 0.283. The van der Waals surface area contributed by atoms with E-state index in [1.807, 2.05) is 6.07 Å². The summed E-state index contributed by atoms with van der Waals surface area (Å²) >= 11 is 0. The Kier molecular flexibility index (Phi) is 4.49. The number of halogens is 1. The molecule has 160 valence electrons. The van der Waals surface area contributed by atoms with Gasteiger partial charge in [-0.2, -0.15) is 13.9 Å². The van der Waals surface area contributed by atoms with E-state index in [4.69, 9.17) is 4.42 Å². The van der Waals surface area contributed by atoms with Crippen LogP contribution < -0.4 is 4.57 Å². The Balaban J connectivity index is 1.56. The molecule has 0 spiro atoms. The van der Waals surface area contributed by atoms with Gasteiger partial charge in [0.15, 0.2) is 5.58 Å². The number of hydrogen-bond acceptors (Lipinski definition) is 2. The quantitative estimate of drug-likeness (QED) is 0.235. The van der Waals surface area contributed by atoms with Crippen LogP contribution in [0.4, 0.5) is 4.39 Å². The van der Waals surface area contributed by atoms with Gasteiger partial charge in [-0.25, -0.2) is 0 Å². The third-order valence-electron chi connectivity index (χ3n) is 7.22. The van der Waals surface area contributed by atoms with Crippen molar-refractivity contribution >= 4 is 33.0 Å². The first kappa shape index (κ1) is 19.4. The van der Waals surface area contributed by atoms with Gasteiger partial charge in [-0.15, -0.1) is 0 Å². The molecule has 1 fully saturated rings. The fraction of sp³-hybridized carbons (Fsp3) is 0.286. The molecule has 3 aromatic heterocycles. The number of fused-ring (bicyclic) bond motifs is 4. The molecule has 3 nitrogen and oxygen atoms in total. The van der Waals surface area contributed by atoms with Crippen LogP contribution in [0.5, 0.6) is 0 Å². The molecule has 3 heterocycles. The zero-order valence-electron chi connectivity index (χ0n) is 18.5. The van der Waals surface area contributed by atoms with Crippen LogP contribution >= 0.6 is 0 Å². The third kappa shape index (κ3) is 3.01. The molecule has 0 amide bonds. The minimum atomic E-state index is -0.527. The number of pyridine rings is 2. The van der Waals surface area contributed by atoms with Crippen LogP contribution in [-0.2, 0) is 13.5 Å². The molecule has 2 aromatic carbocycles. The summed E-state index contributed by atoms with van der Waals surface area (Å²) in [4.78, 5) is 3.97. The minimum absolute atomic E-state index is 0.342. The average Bonchev–Trinajstić information content (AvgIpc) is 3.42. The molecule has 0 radical (unpaired) electrons. The van der Waals surface area contributed by atoms with E-state index in [1.165, 1.54) is 48.2 Å². The standard InChI is InChI=1S/C28H26FN2O/c1-17-10-11-21-22-13-15-25(29)30-28(22)32-27(21)26(17)24-14-12-20-19(16-18-6-3-4-7-18)8-5-9-23(20)31(24)2/h5,8-15,18H,3-4,6-7,16H2,1-2H3/q+1. The molecule has 32 heavy (non-hydrogen) atoms. The SMILES string of the molecule is Cc1ccc2c(oc3nc(F)ccc32)c1-c1ccc2c(CC3CCCC3)cccc2[n+]1C. The van der Waals surface area contributed by atoms with Crippen molar-refractivity contribution in [3.05, 3.63) is 71.7 Å². The molecule has 1 saturated carbocycles. The number of aromatic nitrogens is 2. The van der Waals surface area contributed by atoms with E-state index in [0.717, 1.165) is 45.5 Å². The highest BCUT2D eigenvalue weighted by atomic mass is 19.1. The summed E-state index contributed by atoms with van der Waals surface area (Å²) < 4.78 is 22.1. The van der Waals surface area contributed by atoms with Gasteiger partial charge in [0.05, 0.1) is 5.56 Å². The van der Waals surface area contributed by atoms with Gasteiger partial charge in [0, 0.05) is 28.3 Å². The Morgan fingerprint density at radius 2 is 1.75 bits per heavy atom. The van der Waals surface area contributed by atoms with E-state index < -0.39 is 5.95 Å². The molecule has 0 atom stereocenters. The van der Waals surface area contributed by atoms with Gasteiger partial charge in [0.1, 0.15) is 7.05 Å². The Bertz CT molecular complexity index is 1490. The smallest absolute Gasteiger partial charge is 0.229 e. The molecule has 1 aliphatic carbocycles. The molecule has 5 aromatic rings. The molecule has 0 unspecified atom stereocenters. The van der Waals surface area contributed by atoms with Crippen LogP contribution in [-0.4, -0.2) is 4.98 Å². The number of nitrogens with zero attached hydrogens (tertiary/aromatic N) is 2. The Hall–Kier alpha value is -3.27. The molecule has 0 bridgehead atoms. The lowest BCUT2D eigenvalue weighted by atomic mass is 9.94. The van der Waals surface area contributed by atoms with E-state index in [9.17, 15) is 4.39 Å². The van der Waals surface area contributed by atoms with E-state index >= 15 is 0 Å². The Labute approximate surface area is 186 Å². The fourth-order valence-electron chi connectivity index (χ4n) is 5.56. The van der Waals surface area contributed by atoms with Crippen molar-refractivity contribution in [3.63, 3.8) is 0 Å². The molecular weight excluding hydrogens is 399 g/mol. The first-order chi connectivity index (χ1) is 15.6. The second kappa shape index (κ2) is 7.40. The normalized spacial score (nSPS) is 14.8. The first-order valence-corrected chi connectivity index (χ1v) is 11.5. The number of hydrogen-bond donors (Lipinski definition) is 0. The van der Waals surface area contributed by atoms with Crippen molar-refractivity contribution in [2.45, 2.75) is 39.0 Å². The summed E-state index contributed by atoms with van der Waals surface area (Å²) in [5, 5.41) is 3.12. The van der Waals surface area contributed by atoms with Crippen molar-refractivity contribution in [1.82, 2.24) is 4.98 Å². The van der Waals surface area contributed by atoms with Gasteiger partial charge in [-0.05, 0) is 48.6 Å². The van der Waals surface area contributed by atoms with Crippen LogP contribution in [0.2, 0.25) is 0 Å². The summed E-state index contributed by atoms with van der Waals surface area (Å²) in [6.45, 7) is 2.09. The van der Waals surface area contributed by atoms with Crippen LogP contribution in [0, 0.1) is 18.8 Å². The summed E-state index contributed by atoms with van der Waals surface area (Å²) in [5.41, 5.74) is 6.99. The lowest BCUT2D eigenvalue weighted by Gasteiger charge is -2.12. The van der Waals surface area contributed by atoms with Gasteiger partial charge in [-0.3, -0.25) is 0 Å². The topological polar surface area (TPSA) is 29.9 Å². The van der Waals surface area contributed by atoms with Crippen LogP contribution in [0.1, 0.15) is 36.8 Å². The average molecular weight is 426 g/mol. The van der Waals surface area contributed by atoms with Crippen molar-refractivity contribution in [2.75, 3.05) is 0 Å². The largest absolute Gasteiger partial charge is 0.437 e. The second-order valence-electron chi connectivity index (χ2n) is 9.21. The maximum absolute atomic E-state index is 13.7. The summed E-state index contributed by atoms with van der Waals surface area (Å²) in [6.07, 6.45) is 6.59. The molecule has 6 rings (SSSR count). The van der Waals surface area contributed by atoms with E-state index in [0.29, 0.717) is 5.71 Å². The van der Waals surface area contributed by atoms with E-state index in [2.05, 4.69) is 59.9 Å². The molecule has 0 N–H and O–H groups in total.